The summed E-state index contributed by atoms with van der Waals surface area (Å²) in [5.74, 6) is 3.52. The minimum Gasteiger partial charge on any atom is -0.369 e. The van der Waals surface area contributed by atoms with Crippen LogP contribution in [0.1, 0.15) is 35.7 Å². The van der Waals surface area contributed by atoms with Crippen molar-refractivity contribution < 1.29 is 0 Å². The molecule has 0 radical (unpaired) electrons. The molecule has 0 spiro atoms. The normalized spacial score (nSPS) is 16.7. The third-order valence-electron chi connectivity index (χ3n) is 5.04. The number of benzene rings is 1. The van der Waals surface area contributed by atoms with Gasteiger partial charge >= 0.3 is 0 Å². The number of rotatable bonds is 6. The molecule has 4 rings (SSSR count). The molecule has 1 aliphatic heterocycles. The molecule has 1 N–H and O–H groups in total. The van der Waals surface area contributed by atoms with E-state index >= 15 is 0 Å². The van der Waals surface area contributed by atoms with Gasteiger partial charge in [-0.15, -0.1) is 0 Å². The number of nitrogens with one attached hydrogen (secondary N) is 1. The van der Waals surface area contributed by atoms with E-state index in [4.69, 9.17) is 21.6 Å². The van der Waals surface area contributed by atoms with E-state index in [1.54, 1.807) is 0 Å². The molecule has 1 aromatic carbocycles. The number of likely N-dealkylation sites (N-methyl/N-ethyl adjacent to an activating group) is 1. The fourth-order valence-corrected chi connectivity index (χ4v) is 3.55. The fraction of sp³-hybridized carbons (Fsp3) is 0.500. The Hall–Kier alpha value is -1.85. The zero-order chi connectivity index (χ0) is 18.1. The first-order valence-corrected chi connectivity index (χ1v) is 9.76. The van der Waals surface area contributed by atoms with E-state index in [9.17, 15) is 0 Å². The first-order valence-electron chi connectivity index (χ1n) is 9.38. The Morgan fingerprint density at radius 2 is 2.04 bits per heavy atom. The van der Waals surface area contributed by atoms with E-state index in [-0.39, 0.29) is 0 Å². The Morgan fingerprint density at radius 3 is 2.81 bits per heavy atom. The molecule has 138 valence electrons. The van der Waals surface area contributed by atoms with Crippen LogP contribution in [0.5, 0.6) is 0 Å². The van der Waals surface area contributed by atoms with Crippen molar-refractivity contribution in [2.75, 3.05) is 43.9 Å². The molecule has 26 heavy (non-hydrogen) atoms. The molecule has 6 heteroatoms. The van der Waals surface area contributed by atoms with E-state index in [1.807, 2.05) is 6.07 Å². The first kappa shape index (κ1) is 17.6. The molecule has 5 nitrogen and oxygen atoms in total. The largest absolute Gasteiger partial charge is 0.369 e. The van der Waals surface area contributed by atoms with Crippen LogP contribution in [-0.4, -0.2) is 48.6 Å². The number of halogens is 1. The van der Waals surface area contributed by atoms with Crippen LogP contribution in [-0.2, 0) is 13.0 Å². The second-order valence-electron chi connectivity index (χ2n) is 7.56. The molecule has 0 unspecified atom stereocenters. The predicted molar refractivity (Wildman–Crippen MR) is 107 cm³/mol. The molecule has 0 saturated heterocycles. The van der Waals surface area contributed by atoms with Gasteiger partial charge in [-0.25, -0.2) is 9.97 Å². The number of hydrogen-bond acceptors (Lipinski definition) is 5. The van der Waals surface area contributed by atoms with Crippen LogP contribution in [0, 0.1) is 0 Å². The molecule has 0 atom stereocenters. The Bertz CT molecular complexity index is 788. The predicted octanol–water partition coefficient (Wildman–Crippen LogP) is 3.54. The lowest BCUT2D eigenvalue weighted by Gasteiger charge is -2.30. The molecule has 1 fully saturated rings. The molecular formula is C20H26ClN5. The lowest BCUT2D eigenvalue weighted by molar-refractivity contribution is 0.425. The van der Waals surface area contributed by atoms with Gasteiger partial charge in [-0.1, -0.05) is 17.7 Å². The highest BCUT2D eigenvalue weighted by atomic mass is 35.5. The summed E-state index contributed by atoms with van der Waals surface area (Å²) in [6.45, 7) is 3.71. The van der Waals surface area contributed by atoms with Crippen LogP contribution in [0.25, 0.3) is 0 Å². The van der Waals surface area contributed by atoms with Crippen molar-refractivity contribution in [3.8, 4) is 0 Å². The lowest BCUT2D eigenvalue weighted by Crippen LogP contribution is -2.31. The number of nitrogens with zero attached hydrogens (tertiary/aromatic N) is 4. The van der Waals surface area contributed by atoms with Crippen molar-refractivity contribution in [2.45, 2.75) is 31.7 Å². The Morgan fingerprint density at radius 1 is 1.19 bits per heavy atom. The molecule has 2 heterocycles. The summed E-state index contributed by atoms with van der Waals surface area (Å²) in [4.78, 5) is 14.2. The van der Waals surface area contributed by atoms with Crippen LogP contribution < -0.4 is 10.2 Å². The molecular weight excluding hydrogens is 346 g/mol. The second-order valence-corrected chi connectivity index (χ2v) is 7.99. The first-order chi connectivity index (χ1) is 12.6. The SMILES string of the molecule is CN(C)CCNc1cc(N2CCc3cc(Cl)ccc3C2)nc(C2CC2)n1. The Labute approximate surface area is 160 Å². The van der Waals surface area contributed by atoms with Crippen molar-refractivity contribution in [3.05, 3.63) is 46.2 Å². The van der Waals surface area contributed by atoms with Gasteiger partial charge in [-0.3, -0.25) is 0 Å². The van der Waals surface area contributed by atoms with Gasteiger partial charge in [0.25, 0.3) is 0 Å². The van der Waals surface area contributed by atoms with E-state index in [0.29, 0.717) is 5.92 Å². The average Bonchev–Trinajstić information content (AvgIpc) is 3.46. The zero-order valence-electron chi connectivity index (χ0n) is 15.5. The topological polar surface area (TPSA) is 44.3 Å². The van der Waals surface area contributed by atoms with Gasteiger partial charge in [0.1, 0.15) is 17.5 Å². The molecule has 0 amide bonds. The lowest BCUT2D eigenvalue weighted by atomic mass is 10.00. The second kappa shape index (κ2) is 7.41. The highest BCUT2D eigenvalue weighted by molar-refractivity contribution is 6.30. The number of anilines is 2. The van der Waals surface area contributed by atoms with Gasteiger partial charge in [0, 0.05) is 43.2 Å². The molecule has 2 aromatic rings. The average molecular weight is 372 g/mol. The number of hydrogen-bond donors (Lipinski definition) is 1. The molecule has 1 aliphatic carbocycles. The highest BCUT2D eigenvalue weighted by Gasteiger charge is 2.28. The summed E-state index contributed by atoms with van der Waals surface area (Å²) in [5.41, 5.74) is 2.70. The van der Waals surface area contributed by atoms with E-state index in [1.165, 1.54) is 24.0 Å². The summed E-state index contributed by atoms with van der Waals surface area (Å²) in [6, 6.07) is 8.32. The van der Waals surface area contributed by atoms with Crippen molar-refractivity contribution in [2.24, 2.45) is 0 Å². The van der Waals surface area contributed by atoms with Crippen LogP contribution >= 0.6 is 11.6 Å². The molecule has 1 saturated carbocycles. The molecule has 1 aromatic heterocycles. The van der Waals surface area contributed by atoms with E-state index in [0.717, 1.165) is 55.1 Å². The van der Waals surface area contributed by atoms with E-state index in [2.05, 4.69) is 47.4 Å². The monoisotopic (exact) mass is 371 g/mol. The van der Waals surface area contributed by atoms with Crippen LogP contribution in [0.4, 0.5) is 11.6 Å². The summed E-state index contributed by atoms with van der Waals surface area (Å²) in [7, 11) is 4.17. The Kier molecular flexibility index (Phi) is 5.00. The number of fused-ring (bicyclic) bond motifs is 1. The minimum atomic E-state index is 0.542. The van der Waals surface area contributed by atoms with Gasteiger partial charge < -0.3 is 15.1 Å². The standard InChI is InChI=1S/C20H26ClN5/c1-25(2)10-8-22-18-12-19(24-20(23-18)14-3-4-14)26-9-7-15-11-17(21)6-5-16(15)13-26/h5-6,11-12,14H,3-4,7-10,13H2,1-2H3,(H,22,23,24). The van der Waals surface area contributed by atoms with Gasteiger partial charge in [-0.05, 0) is 56.6 Å². The maximum absolute atomic E-state index is 6.14. The van der Waals surface area contributed by atoms with Crippen LogP contribution in [0.15, 0.2) is 24.3 Å². The van der Waals surface area contributed by atoms with Crippen molar-refractivity contribution >= 4 is 23.2 Å². The summed E-state index contributed by atoms with van der Waals surface area (Å²) < 4.78 is 0. The van der Waals surface area contributed by atoms with E-state index < -0.39 is 0 Å². The summed E-state index contributed by atoms with van der Waals surface area (Å²) >= 11 is 6.14. The van der Waals surface area contributed by atoms with Crippen molar-refractivity contribution in [1.82, 2.24) is 14.9 Å². The smallest absolute Gasteiger partial charge is 0.136 e. The summed E-state index contributed by atoms with van der Waals surface area (Å²) in [5, 5.41) is 4.29. The molecule has 0 bridgehead atoms. The maximum Gasteiger partial charge on any atom is 0.136 e. The van der Waals surface area contributed by atoms with Gasteiger partial charge in [0.2, 0.25) is 0 Å². The Balaban J connectivity index is 1.55. The van der Waals surface area contributed by atoms with Crippen LogP contribution in [0.3, 0.4) is 0 Å². The van der Waals surface area contributed by atoms with Crippen LogP contribution in [0.2, 0.25) is 5.02 Å². The minimum absolute atomic E-state index is 0.542. The summed E-state index contributed by atoms with van der Waals surface area (Å²) in [6.07, 6.45) is 3.42. The highest BCUT2D eigenvalue weighted by Crippen LogP contribution is 2.39. The third-order valence-corrected chi connectivity index (χ3v) is 5.28. The molecule has 2 aliphatic rings. The van der Waals surface area contributed by atoms with Gasteiger partial charge in [0.15, 0.2) is 0 Å². The quantitative estimate of drug-likeness (QED) is 0.841. The van der Waals surface area contributed by atoms with Gasteiger partial charge in [-0.2, -0.15) is 0 Å². The third kappa shape index (κ3) is 4.10. The zero-order valence-corrected chi connectivity index (χ0v) is 16.3. The fourth-order valence-electron chi connectivity index (χ4n) is 3.35. The van der Waals surface area contributed by atoms with Crippen molar-refractivity contribution in [1.29, 1.82) is 0 Å². The number of aromatic nitrogens is 2. The van der Waals surface area contributed by atoms with Crippen molar-refractivity contribution in [3.63, 3.8) is 0 Å². The maximum atomic E-state index is 6.14. The van der Waals surface area contributed by atoms with Gasteiger partial charge in [0.05, 0.1) is 0 Å².